The lowest BCUT2D eigenvalue weighted by molar-refractivity contribution is 0.0696. The summed E-state index contributed by atoms with van der Waals surface area (Å²) < 4.78 is 0. The van der Waals surface area contributed by atoms with Crippen molar-refractivity contribution in [1.82, 2.24) is 0 Å². The van der Waals surface area contributed by atoms with Gasteiger partial charge >= 0.3 is 5.97 Å². The highest BCUT2D eigenvalue weighted by atomic mass is 35.5. The maximum Gasteiger partial charge on any atom is 0.335 e. The van der Waals surface area contributed by atoms with Gasteiger partial charge in [0, 0.05) is 15.6 Å². The zero-order valence-electron chi connectivity index (χ0n) is 9.58. The molecular weight excluding hydrogens is 271 g/mol. The van der Waals surface area contributed by atoms with Gasteiger partial charge in [-0.3, -0.25) is 0 Å². The minimum absolute atomic E-state index is 0.276. The summed E-state index contributed by atoms with van der Waals surface area (Å²) in [5.41, 5.74) is 2.53. The molecule has 2 rings (SSSR count). The summed E-state index contributed by atoms with van der Waals surface area (Å²) in [7, 11) is 0. The second kappa shape index (κ2) is 5.01. The zero-order valence-corrected chi connectivity index (χ0v) is 11.1. The minimum Gasteiger partial charge on any atom is -0.478 e. The molecule has 0 aliphatic rings. The number of hydrogen-bond donors (Lipinski definition) is 1. The summed E-state index contributed by atoms with van der Waals surface area (Å²) in [5, 5.41) is 10.1. The topological polar surface area (TPSA) is 37.3 Å². The molecule has 0 bridgehead atoms. The van der Waals surface area contributed by atoms with E-state index in [1.54, 1.807) is 37.3 Å². The van der Waals surface area contributed by atoms with Gasteiger partial charge in [-0.15, -0.1) is 0 Å². The lowest BCUT2D eigenvalue weighted by Gasteiger charge is -2.08. The SMILES string of the molecule is Cc1ccc(-c2ccc(Cl)cc2Cl)cc1C(=O)O. The molecule has 0 unspecified atom stereocenters. The van der Waals surface area contributed by atoms with Gasteiger partial charge in [0.1, 0.15) is 0 Å². The van der Waals surface area contributed by atoms with Gasteiger partial charge in [-0.2, -0.15) is 0 Å². The molecule has 0 saturated carbocycles. The second-order valence-corrected chi connectivity index (χ2v) is 4.80. The highest BCUT2D eigenvalue weighted by molar-refractivity contribution is 6.36. The monoisotopic (exact) mass is 280 g/mol. The molecule has 0 amide bonds. The molecule has 2 aromatic rings. The van der Waals surface area contributed by atoms with E-state index in [0.717, 1.165) is 16.7 Å². The molecule has 1 N–H and O–H groups in total. The Kier molecular flexibility index (Phi) is 3.60. The smallest absolute Gasteiger partial charge is 0.335 e. The van der Waals surface area contributed by atoms with Crippen LogP contribution in [0.2, 0.25) is 10.0 Å². The van der Waals surface area contributed by atoms with Gasteiger partial charge in [-0.1, -0.05) is 41.4 Å². The van der Waals surface area contributed by atoms with Gasteiger partial charge in [-0.05, 0) is 36.2 Å². The first-order chi connectivity index (χ1) is 8.49. The van der Waals surface area contributed by atoms with Crippen LogP contribution in [-0.4, -0.2) is 11.1 Å². The minimum atomic E-state index is -0.945. The molecule has 0 aliphatic heterocycles. The molecule has 92 valence electrons. The largest absolute Gasteiger partial charge is 0.478 e. The van der Waals surface area contributed by atoms with E-state index >= 15 is 0 Å². The number of aromatic carboxylic acids is 1. The molecule has 0 spiro atoms. The Morgan fingerprint density at radius 1 is 1.11 bits per heavy atom. The van der Waals surface area contributed by atoms with E-state index in [2.05, 4.69) is 0 Å². The zero-order chi connectivity index (χ0) is 13.3. The Bertz CT molecular complexity index is 621. The lowest BCUT2D eigenvalue weighted by atomic mass is 10.00. The number of benzene rings is 2. The Labute approximate surface area is 115 Å². The first-order valence-electron chi connectivity index (χ1n) is 5.28. The summed E-state index contributed by atoms with van der Waals surface area (Å²) in [6.07, 6.45) is 0. The van der Waals surface area contributed by atoms with Crippen molar-refractivity contribution in [2.75, 3.05) is 0 Å². The molecule has 0 aromatic heterocycles. The standard InChI is InChI=1S/C14H10Cl2O2/c1-8-2-3-9(6-12(8)14(17)18)11-5-4-10(15)7-13(11)16/h2-7H,1H3,(H,17,18). The number of carbonyl (C=O) groups is 1. The van der Waals surface area contributed by atoms with E-state index in [-0.39, 0.29) is 5.56 Å². The van der Waals surface area contributed by atoms with Crippen molar-refractivity contribution in [1.29, 1.82) is 0 Å². The molecular formula is C14H10Cl2O2. The van der Waals surface area contributed by atoms with E-state index in [1.807, 2.05) is 6.07 Å². The van der Waals surface area contributed by atoms with Crippen molar-refractivity contribution in [3.05, 3.63) is 57.6 Å². The van der Waals surface area contributed by atoms with Crippen LogP contribution in [0.15, 0.2) is 36.4 Å². The molecule has 0 radical (unpaired) electrons. The van der Waals surface area contributed by atoms with E-state index in [1.165, 1.54) is 0 Å². The number of halogens is 2. The summed E-state index contributed by atoms with van der Waals surface area (Å²) in [6.45, 7) is 1.76. The summed E-state index contributed by atoms with van der Waals surface area (Å²) in [4.78, 5) is 11.1. The highest BCUT2D eigenvalue weighted by Crippen LogP contribution is 2.31. The number of aryl methyl sites for hydroxylation is 1. The number of carboxylic acid groups (broad SMARTS) is 1. The van der Waals surface area contributed by atoms with Gasteiger partial charge in [0.15, 0.2) is 0 Å². The fourth-order valence-electron chi connectivity index (χ4n) is 1.74. The van der Waals surface area contributed by atoms with Crippen LogP contribution in [0.25, 0.3) is 11.1 Å². The molecule has 0 atom stereocenters. The van der Waals surface area contributed by atoms with Crippen LogP contribution in [0.1, 0.15) is 15.9 Å². The van der Waals surface area contributed by atoms with Crippen molar-refractivity contribution in [2.24, 2.45) is 0 Å². The van der Waals surface area contributed by atoms with Crippen LogP contribution in [-0.2, 0) is 0 Å². The Morgan fingerprint density at radius 2 is 1.83 bits per heavy atom. The average Bonchev–Trinajstić information content (AvgIpc) is 2.30. The number of rotatable bonds is 2. The second-order valence-electron chi connectivity index (χ2n) is 3.96. The van der Waals surface area contributed by atoms with Crippen LogP contribution in [0.5, 0.6) is 0 Å². The predicted octanol–water partition coefficient (Wildman–Crippen LogP) is 4.67. The van der Waals surface area contributed by atoms with Crippen LogP contribution in [0.4, 0.5) is 0 Å². The van der Waals surface area contributed by atoms with Gasteiger partial charge < -0.3 is 5.11 Å². The van der Waals surface area contributed by atoms with Gasteiger partial charge in [0.2, 0.25) is 0 Å². The predicted molar refractivity (Wildman–Crippen MR) is 73.6 cm³/mol. The quantitative estimate of drug-likeness (QED) is 0.868. The molecule has 2 aromatic carbocycles. The third kappa shape index (κ3) is 2.50. The molecule has 0 fully saturated rings. The Hall–Kier alpha value is -1.51. The first-order valence-corrected chi connectivity index (χ1v) is 6.04. The molecule has 18 heavy (non-hydrogen) atoms. The van der Waals surface area contributed by atoms with Crippen LogP contribution < -0.4 is 0 Å². The molecule has 2 nitrogen and oxygen atoms in total. The van der Waals surface area contributed by atoms with Crippen molar-refractivity contribution < 1.29 is 9.90 Å². The Balaban J connectivity index is 2.58. The van der Waals surface area contributed by atoms with Crippen molar-refractivity contribution in [2.45, 2.75) is 6.92 Å². The van der Waals surface area contributed by atoms with E-state index in [9.17, 15) is 4.79 Å². The van der Waals surface area contributed by atoms with E-state index < -0.39 is 5.97 Å². The van der Waals surface area contributed by atoms with Gasteiger partial charge in [0.05, 0.1) is 5.56 Å². The van der Waals surface area contributed by atoms with Crippen molar-refractivity contribution >= 4 is 29.2 Å². The molecule has 0 saturated heterocycles. The van der Waals surface area contributed by atoms with Crippen LogP contribution in [0.3, 0.4) is 0 Å². The van der Waals surface area contributed by atoms with Crippen molar-refractivity contribution in [3.63, 3.8) is 0 Å². The average molecular weight is 281 g/mol. The molecule has 0 aliphatic carbocycles. The number of carboxylic acids is 1. The van der Waals surface area contributed by atoms with E-state index in [4.69, 9.17) is 28.3 Å². The lowest BCUT2D eigenvalue weighted by Crippen LogP contribution is -1.99. The summed E-state index contributed by atoms with van der Waals surface area (Å²) in [6, 6.07) is 10.4. The Morgan fingerprint density at radius 3 is 2.44 bits per heavy atom. The first kappa shape index (κ1) is 12.9. The van der Waals surface area contributed by atoms with Crippen LogP contribution in [0, 0.1) is 6.92 Å². The third-order valence-electron chi connectivity index (χ3n) is 2.71. The normalized spacial score (nSPS) is 10.4. The highest BCUT2D eigenvalue weighted by Gasteiger charge is 2.10. The maximum atomic E-state index is 11.1. The van der Waals surface area contributed by atoms with Crippen LogP contribution >= 0.6 is 23.2 Å². The van der Waals surface area contributed by atoms with Gasteiger partial charge in [-0.25, -0.2) is 4.79 Å². The van der Waals surface area contributed by atoms with Gasteiger partial charge in [0.25, 0.3) is 0 Å². The van der Waals surface area contributed by atoms with E-state index in [0.29, 0.717) is 10.0 Å². The fraction of sp³-hybridized carbons (Fsp3) is 0.0714. The maximum absolute atomic E-state index is 11.1. The third-order valence-corrected chi connectivity index (χ3v) is 3.26. The summed E-state index contributed by atoms with van der Waals surface area (Å²) >= 11 is 11.9. The van der Waals surface area contributed by atoms with Crippen molar-refractivity contribution in [3.8, 4) is 11.1 Å². The summed E-state index contributed by atoms with van der Waals surface area (Å²) in [5.74, 6) is -0.945. The molecule has 4 heteroatoms. The number of hydrogen-bond acceptors (Lipinski definition) is 1. The molecule has 0 heterocycles. The fourth-order valence-corrected chi connectivity index (χ4v) is 2.26.